The van der Waals surface area contributed by atoms with Gasteiger partial charge in [-0.3, -0.25) is 14.4 Å². The maximum Gasteiger partial charge on any atom is 0.310 e. The van der Waals surface area contributed by atoms with Gasteiger partial charge in [-0.25, -0.2) is 0 Å². The third-order valence-corrected chi connectivity index (χ3v) is 5.19. The van der Waals surface area contributed by atoms with E-state index in [-0.39, 0.29) is 23.7 Å². The van der Waals surface area contributed by atoms with Crippen LogP contribution < -0.4 is 4.90 Å². The number of carboxylic acids is 1. The normalized spacial score (nSPS) is 17.1. The molecule has 27 heavy (non-hydrogen) atoms. The molecular formula is C21H29NO5. The zero-order valence-electron chi connectivity index (χ0n) is 16.1. The van der Waals surface area contributed by atoms with E-state index in [1.807, 2.05) is 24.3 Å². The van der Waals surface area contributed by atoms with Gasteiger partial charge in [0, 0.05) is 18.7 Å². The monoisotopic (exact) mass is 375 g/mol. The SMILES string of the molecule is COC(=O)C1Cc2ccccc2N(C(=O)CCCCCCC(C)C(=O)O)C1. The Kier molecular flexibility index (Phi) is 7.82. The predicted octanol–water partition coefficient (Wildman–Crippen LogP) is 3.43. The lowest BCUT2D eigenvalue weighted by Crippen LogP contribution is -2.42. The quantitative estimate of drug-likeness (QED) is 0.528. The molecule has 0 radical (unpaired) electrons. The number of unbranched alkanes of at least 4 members (excludes halogenated alkanes) is 3. The Labute approximate surface area is 160 Å². The molecule has 0 bridgehead atoms. The van der Waals surface area contributed by atoms with Crippen molar-refractivity contribution in [2.45, 2.75) is 51.9 Å². The number of hydrogen-bond donors (Lipinski definition) is 1. The van der Waals surface area contributed by atoms with Gasteiger partial charge in [0.15, 0.2) is 0 Å². The zero-order valence-corrected chi connectivity index (χ0v) is 16.1. The highest BCUT2D eigenvalue weighted by atomic mass is 16.5. The summed E-state index contributed by atoms with van der Waals surface area (Å²) in [5, 5.41) is 8.88. The lowest BCUT2D eigenvalue weighted by Gasteiger charge is -2.33. The van der Waals surface area contributed by atoms with E-state index in [4.69, 9.17) is 9.84 Å². The van der Waals surface area contributed by atoms with Crippen molar-refractivity contribution in [1.82, 2.24) is 0 Å². The number of amides is 1. The Morgan fingerprint density at radius 1 is 1.19 bits per heavy atom. The molecule has 1 aliphatic heterocycles. The van der Waals surface area contributed by atoms with Crippen LogP contribution >= 0.6 is 0 Å². The summed E-state index contributed by atoms with van der Waals surface area (Å²) in [4.78, 5) is 37.2. The Hall–Kier alpha value is -2.37. The number of benzene rings is 1. The number of aliphatic carboxylic acids is 1. The number of nitrogens with zero attached hydrogens (tertiary/aromatic N) is 1. The molecule has 0 spiro atoms. The first-order valence-corrected chi connectivity index (χ1v) is 9.63. The first-order chi connectivity index (χ1) is 12.9. The first kappa shape index (κ1) is 20.9. The number of rotatable bonds is 9. The first-order valence-electron chi connectivity index (χ1n) is 9.63. The number of carbonyl (C=O) groups excluding carboxylic acids is 2. The van der Waals surface area contributed by atoms with Crippen LogP contribution in [0.15, 0.2) is 24.3 Å². The van der Waals surface area contributed by atoms with Gasteiger partial charge in [0.25, 0.3) is 0 Å². The van der Waals surface area contributed by atoms with E-state index in [0.29, 0.717) is 25.8 Å². The van der Waals surface area contributed by atoms with E-state index in [0.717, 1.165) is 36.9 Å². The smallest absolute Gasteiger partial charge is 0.310 e. The molecule has 2 atom stereocenters. The lowest BCUT2D eigenvalue weighted by molar-refractivity contribution is -0.145. The number of hydrogen-bond acceptors (Lipinski definition) is 4. The summed E-state index contributed by atoms with van der Waals surface area (Å²) < 4.78 is 4.88. The molecule has 1 aromatic rings. The van der Waals surface area contributed by atoms with E-state index in [1.165, 1.54) is 7.11 Å². The van der Waals surface area contributed by atoms with Crippen molar-refractivity contribution >= 4 is 23.5 Å². The van der Waals surface area contributed by atoms with E-state index >= 15 is 0 Å². The van der Waals surface area contributed by atoms with Crippen LogP contribution in [0.5, 0.6) is 0 Å². The summed E-state index contributed by atoms with van der Waals surface area (Å²) in [7, 11) is 1.38. The van der Waals surface area contributed by atoms with Gasteiger partial charge in [-0.15, -0.1) is 0 Å². The second kappa shape index (κ2) is 10.1. The highest BCUT2D eigenvalue weighted by Crippen LogP contribution is 2.31. The van der Waals surface area contributed by atoms with Gasteiger partial charge >= 0.3 is 11.9 Å². The minimum absolute atomic E-state index is 0.0231. The van der Waals surface area contributed by atoms with Crippen molar-refractivity contribution in [3.05, 3.63) is 29.8 Å². The average molecular weight is 375 g/mol. The summed E-state index contributed by atoms with van der Waals surface area (Å²) in [6, 6.07) is 7.70. The van der Waals surface area contributed by atoms with Crippen LogP contribution in [-0.2, 0) is 25.5 Å². The summed E-state index contributed by atoms with van der Waals surface area (Å²) >= 11 is 0. The van der Waals surface area contributed by atoms with Crippen molar-refractivity contribution in [1.29, 1.82) is 0 Å². The summed E-state index contributed by atoms with van der Waals surface area (Å²) in [6.45, 7) is 2.08. The summed E-state index contributed by atoms with van der Waals surface area (Å²) in [5.74, 6) is -1.66. The van der Waals surface area contributed by atoms with E-state index < -0.39 is 5.97 Å². The third-order valence-electron chi connectivity index (χ3n) is 5.19. The van der Waals surface area contributed by atoms with Gasteiger partial charge in [-0.1, -0.05) is 44.4 Å². The zero-order chi connectivity index (χ0) is 19.8. The molecule has 1 aliphatic rings. The summed E-state index contributed by atoms with van der Waals surface area (Å²) in [5.41, 5.74) is 1.88. The third kappa shape index (κ3) is 5.81. The van der Waals surface area contributed by atoms with Crippen LogP contribution in [-0.4, -0.2) is 36.6 Å². The minimum atomic E-state index is -0.755. The molecule has 148 valence electrons. The number of para-hydroxylation sites is 1. The van der Waals surface area contributed by atoms with Gasteiger partial charge in [-0.2, -0.15) is 0 Å². The van der Waals surface area contributed by atoms with Crippen molar-refractivity contribution in [3.63, 3.8) is 0 Å². The fourth-order valence-corrected chi connectivity index (χ4v) is 3.49. The van der Waals surface area contributed by atoms with Crippen molar-refractivity contribution < 1.29 is 24.2 Å². The molecule has 1 heterocycles. The molecule has 6 nitrogen and oxygen atoms in total. The van der Waals surface area contributed by atoms with Crippen molar-refractivity contribution in [2.75, 3.05) is 18.6 Å². The molecule has 0 saturated carbocycles. The van der Waals surface area contributed by atoms with Crippen LogP contribution in [0.4, 0.5) is 5.69 Å². The highest BCUT2D eigenvalue weighted by Gasteiger charge is 2.32. The highest BCUT2D eigenvalue weighted by molar-refractivity contribution is 5.95. The van der Waals surface area contributed by atoms with E-state index in [9.17, 15) is 14.4 Å². The Bertz CT molecular complexity index is 672. The molecule has 2 unspecified atom stereocenters. The van der Waals surface area contributed by atoms with Crippen LogP contribution in [0.3, 0.4) is 0 Å². The Morgan fingerprint density at radius 3 is 2.59 bits per heavy atom. The second-order valence-electron chi connectivity index (χ2n) is 7.25. The number of fused-ring (bicyclic) bond motifs is 1. The number of esters is 1. The van der Waals surface area contributed by atoms with Gasteiger partial charge in [0.05, 0.1) is 18.9 Å². The molecule has 6 heteroatoms. The molecule has 2 rings (SSSR count). The molecule has 0 fully saturated rings. The van der Waals surface area contributed by atoms with Gasteiger partial charge in [-0.05, 0) is 30.9 Å². The number of anilines is 1. The van der Waals surface area contributed by atoms with Crippen LogP contribution in [0, 0.1) is 11.8 Å². The van der Waals surface area contributed by atoms with Crippen molar-refractivity contribution in [3.8, 4) is 0 Å². The van der Waals surface area contributed by atoms with E-state index in [2.05, 4.69) is 0 Å². The van der Waals surface area contributed by atoms with Gasteiger partial charge in [0.2, 0.25) is 5.91 Å². The lowest BCUT2D eigenvalue weighted by atomic mass is 9.92. The number of ether oxygens (including phenoxy) is 1. The molecule has 1 aromatic carbocycles. The number of carboxylic acid groups (broad SMARTS) is 1. The molecule has 1 amide bonds. The van der Waals surface area contributed by atoms with Crippen LogP contribution in [0.2, 0.25) is 0 Å². The number of carbonyl (C=O) groups is 3. The molecule has 0 aromatic heterocycles. The van der Waals surface area contributed by atoms with Gasteiger partial charge in [0.1, 0.15) is 0 Å². The fourth-order valence-electron chi connectivity index (χ4n) is 3.49. The van der Waals surface area contributed by atoms with Crippen molar-refractivity contribution in [2.24, 2.45) is 11.8 Å². The maximum atomic E-state index is 12.7. The second-order valence-corrected chi connectivity index (χ2v) is 7.25. The Morgan fingerprint density at radius 2 is 1.89 bits per heavy atom. The maximum absolute atomic E-state index is 12.7. The van der Waals surface area contributed by atoms with Crippen LogP contribution in [0.25, 0.3) is 0 Å². The topological polar surface area (TPSA) is 83.9 Å². The van der Waals surface area contributed by atoms with E-state index in [1.54, 1.807) is 11.8 Å². The van der Waals surface area contributed by atoms with Crippen LogP contribution in [0.1, 0.15) is 51.0 Å². The minimum Gasteiger partial charge on any atom is -0.481 e. The standard InChI is InChI=1S/C21H29NO5/c1-15(20(24)25)9-5-3-4-6-12-19(23)22-14-17(21(26)27-2)13-16-10-7-8-11-18(16)22/h7-8,10-11,15,17H,3-6,9,12-14H2,1-2H3,(H,24,25). The largest absolute Gasteiger partial charge is 0.481 e. The molecular weight excluding hydrogens is 346 g/mol. The number of methoxy groups -OCH3 is 1. The molecule has 0 aliphatic carbocycles. The fraction of sp³-hybridized carbons (Fsp3) is 0.571. The van der Waals surface area contributed by atoms with Gasteiger partial charge < -0.3 is 14.7 Å². The molecule has 1 N–H and O–H groups in total. The molecule has 0 saturated heterocycles. The summed E-state index contributed by atoms with van der Waals surface area (Å²) in [6.07, 6.45) is 5.13. The predicted molar refractivity (Wildman–Crippen MR) is 103 cm³/mol. The Balaban J connectivity index is 1.85. The average Bonchev–Trinajstić information content (AvgIpc) is 2.68.